The Morgan fingerprint density at radius 2 is 1.90 bits per heavy atom. The lowest BCUT2D eigenvalue weighted by molar-refractivity contribution is -0.117. The largest absolute Gasteiger partial charge is 0.398 e. The molecule has 106 valence electrons. The lowest BCUT2D eigenvalue weighted by Crippen LogP contribution is -2.20. The molecular formula is C18H18N2O. The first-order valence-electron chi connectivity index (χ1n) is 7.52. The van der Waals surface area contributed by atoms with Gasteiger partial charge in [0.1, 0.15) is 0 Å². The van der Waals surface area contributed by atoms with Crippen LogP contribution in [-0.4, -0.2) is 5.91 Å². The number of amides is 1. The first-order chi connectivity index (χ1) is 10.2. The maximum Gasteiger partial charge on any atom is 0.231 e. The number of carbonyl (C=O) groups excluding carboxylic acids is 1. The molecule has 3 N–H and O–H groups in total. The molecule has 2 aromatic rings. The van der Waals surface area contributed by atoms with Crippen LogP contribution in [0.25, 0.3) is 11.1 Å². The minimum Gasteiger partial charge on any atom is -0.398 e. The molecule has 2 aromatic carbocycles. The number of hydrogen-bond donors (Lipinski definition) is 2. The Balaban J connectivity index is 1.92. The third-order valence-electron chi connectivity index (χ3n) is 4.54. The fraction of sp³-hybridized carbons (Fsp3) is 0.278. The van der Waals surface area contributed by atoms with Crippen molar-refractivity contribution < 1.29 is 4.79 Å². The van der Waals surface area contributed by atoms with Crippen LogP contribution < -0.4 is 11.1 Å². The van der Waals surface area contributed by atoms with Crippen molar-refractivity contribution in [2.24, 2.45) is 5.92 Å². The summed E-state index contributed by atoms with van der Waals surface area (Å²) < 4.78 is 0. The van der Waals surface area contributed by atoms with Gasteiger partial charge in [-0.15, -0.1) is 0 Å². The Morgan fingerprint density at radius 3 is 2.71 bits per heavy atom. The maximum absolute atomic E-state index is 12.7. The van der Waals surface area contributed by atoms with Crippen LogP contribution in [0.1, 0.15) is 30.7 Å². The van der Waals surface area contributed by atoms with Crippen LogP contribution in [0.15, 0.2) is 42.5 Å². The van der Waals surface area contributed by atoms with Gasteiger partial charge in [-0.3, -0.25) is 4.79 Å². The van der Waals surface area contributed by atoms with Gasteiger partial charge in [-0.2, -0.15) is 0 Å². The predicted octanol–water partition coefficient (Wildman–Crippen LogP) is 3.77. The van der Waals surface area contributed by atoms with Gasteiger partial charge in [-0.25, -0.2) is 0 Å². The van der Waals surface area contributed by atoms with Gasteiger partial charge in [0.25, 0.3) is 0 Å². The average molecular weight is 278 g/mol. The van der Waals surface area contributed by atoms with E-state index in [4.69, 9.17) is 5.73 Å². The molecule has 1 unspecified atom stereocenters. The fourth-order valence-electron chi connectivity index (χ4n) is 3.29. The number of hydrogen-bond acceptors (Lipinski definition) is 2. The molecule has 1 saturated carbocycles. The number of nitrogen functional groups attached to an aromatic ring is 1. The van der Waals surface area contributed by atoms with Crippen molar-refractivity contribution in [3.63, 3.8) is 0 Å². The SMILES string of the molecule is Nc1cccc2c1-c1ccccc1C(CC1CC1)C(=O)N2. The summed E-state index contributed by atoms with van der Waals surface area (Å²) in [5.74, 6) is 0.728. The first kappa shape index (κ1) is 12.5. The highest BCUT2D eigenvalue weighted by molar-refractivity contribution is 6.05. The van der Waals surface area contributed by atoms with E-state index in [1.807, 2.05) is 30.3 Å². The first-order valence-corrected chi connectivity index (χ1v) is 7.52. The van der Waals surface area contributed by atoms with Crippen molar-refractivity contribution in [1.82, 2.24) is 0 Å². The summed E-state index contributed by atoms with van der Waals surface area (Å²) in [5, 5.41) is 3.07. The van der Waals surface area contributed by atoms with Crippen LogP contribution >= 0.6 is 0 Å². The molecule has 21 heavy (non-hydrogen) atoms. The molecule has 0 saturated heterocycles. The summed E-state index contributed by atoms with van der Waals surface area (Å²) in [7, 11) is 0. The van der Waals surface area contributed by atoms with Crippen LogP contribution in [-0.2, 0) is 4.79 Å². The molecule has 1 aliphatic heterocycles. The highest BCUT2D eigenvalue weighted by Crippen LogP contribution is 2.46. The van der Waals surface area contributed by atoms with Crippen molar-refractivity contribution in [1.29, 1.82) is 0 Å². The van der Waals surface area contributed by atoms with Crippen molar-refractivity contribution in [3.05, 3.63) is 48.0 Å². The number of anilines is 2. The monoisotopic (exact) mass is 278 g/mol. The van der Waals surface area contributed by atoms with E-state index in [9.17, 15) is 4.79 Å². The summed E-state index contributed by atoms with van der Waals surface area (Å²) in [4.78, 5) is 12.7. The van der Waals surface area contributed by atoms with Crippen molar-refractivity contribution in [2.45, 2.75) is 25.2 Å². The third kappa shape index (κ3) is 2.09. The number of fused-ring (bicyclic) bond motifs is 3. The highest BCUT2D eigenvalue weighted by Gasteiger charge is 2.34. The number of benzene rings is 2. The average Bonchev–Trinajstić information content (AvgIpc) is 3.29. The molecule has 3 nitrogen and oxygen atoms in total. The Morgan fingerprint density at radius 1 is 1.10 bits per heavy atom. The molecule has 3 heteroatoms. The van der Waals surface area contributed by atoms with Gasteiger partial charge in [0, 0.05) is 11.3 Å². The molecule has 1 fully saturated rings. The molecule has 1 aliphatic carbocycles. The predicted molar refractivity (Wildman–Crippen MR) is 85.0 cm³/mol. The summed E-state index contributed by atoms with van der Waals surface area (Å²) in [6.07, 6.45) is 3.44. The van der Waals surface area contributed by atoms with Crippen LogP contribution in [0.4, 0.5) is 11.4 Å². The number of carbonyl (C=O) groups is 1. The van der Waals surface area contributed by atoms with Gasteiger partial charge in [-0.1, -0.05) is 43.2 Å². The molecule has 1 atom stereocenters. The van der Waals surface area contributed by atoms with E-state index >= 15 is 0 Å². The Labute approximate surface area is 124 Å². The molecule has 0 spiro atoms. The minimum absolute atomic E-state index is 0.0690. The normalized spacial score (nSPS) is 20.2. The minimum atomic E-state index is -0.0690. The Bertz CT molecular complexity index is 719. The summed E-state index contributed by atoms with van der Waals surface area (Å²) in [5.41, 5.74) is 10.9. The van der Waals surface area contributed by atoms with E-state index in [0.29, 0.717) is 11.6 Å². The summed E-state index contributed by atoms with van der Waals surface area (Å²) >= 11 is 0. The van der Waals surface area contributed by atoms with Gasteiger partial charge < -0.3 is 11.1 Å². The van der Waals surface area contributed by atoms with E-state index in [1.165, 1.54) is 12.8 Å². The van der Waals surface area contributed by atoms with E-state index < -0.39 is 0 Å². The smallest absolute Gasteiger partial charge is 0.231 e. The van der Waals surface area contributed by atoms with E-state index in [1.54, 1.807) is 0 Å². The molecule has 2 aliphatic rings. The number of nitrogens with two attached hydrogens (primary N) is 1. The van der Waals surface area contributed by atoms with Crippen molar-refractivity contribution in [2.75, 3.05) is 11.1 Å². The lowest BCUT2D eigenvalue weighted by atomic mass is 9.87. The highest BCUT2D eigenvalue weighted by atomic mass is 16.1. The summed E-state index contributed by atoms with van der Waals surface area (Å²) in [6.45, 7) is 0. The van der Waals surface area contributed by atoms with Gasteiger partial charge >= 0.3 is 0 Å². The van der Waals surface area contributed by atoms with Gasteiger partial charge in [0.05, 0.1) is 11.6 Å². The zero-order valence-corrected chi connectivity index (χ0v) is 11.8. The van der Waals surface area contributed by atoms with E-state index in [-0.39, 0.29) is 11.8 Å². The van der Waals surface area contributed by atoms with E-state index in [2.05, 4.69) is 17.4 Å². The lowest BCUT2D eigenvalue weighted by Gasteiger charge is -2.16. The molecule has 4 rings (SSSR count). The third-order valence-corrected chi connectivity index (χ3v) is 4.54. The van der Waals surface area contributed by atoms with Crippen LogP contribution in [0.2, 0.25) is 0 Å². The van der Waals surface area contributed by atoms with Crippen LogP contribution in [0, 0.1) is 5.92 Å². The Kier molecular flexibility index (Phi) is 2.74. The number of rotatable bonds is 2. The van der Waals surface area contributed by atoms with Gasteiger partial charge in [0.15, 0.2) is 0 Å². The van der Waals surface area contributed by atoms with Crippen LogP contribution in [0.5, 0.6) is 0 Å². The molecular weight excluding hydrogens is 260 g/mol. The summed E-state index contributed by atoms with van der Waals surface area (Å²) in [6, 6.07) is 13.9. The number of nitrogens with one attached hydrogen (secondary N) is 1. The maximum atomic E-state index is 12.7. The van der Waals surface area contributed by atoms with Crippen molar-refractivity contribution in [3.8, 4) is 11.1 Å². The van der Waals surface area contributed by atoms with Gasteiger partial charge in [0.2, 0.25) is 5.91 Å². The zero-order chi connectivity index (χ0) is 14.4. The molecule has 1 heterocycles. The second-order valence-corrected chi connectivity index (χ2v) is 6.08. The second kappa shape index (κ2) is 4.62. The fourth-order valence-corrected chi connectivity index (χ4v) is 3.29. The van der Waals surface area contributed by atoms with Crippen LogP contribution in [0.3, 0.4) is 0 Å². The Hall–Kier alpha value is -2.29. The molecule has 0 aromatic heterocycles. The van der Waals surface area contributed by atoms with Crippen molar-refractivity contribution >= 4 is 17.3 Å². The molecule has 0 bridgehead atoms. The second-order valence-electron chi connectivity index (χ2n) is 6.08. The zero-order valence-electron chi connectivity index (χ0n) is 11.8. The quantitative estimate of drug-likeness (QED) is 0.821. The molecule has 0 radical (unpaired) electrons. The van der Waals surface area contributed by atoms with Gasteiger partial charge in [-0.05, 0) is 35.6 Å². The standard InChI is InChI=1S/C18H18N2O/c19-15-6-3-7-16-17(15)13-5-2-1-4-12(13)14(18(21)20-16)10-11-8-9-11/h1-7,11,14H,8-10,19H2,(H,20,21). The van der Waals surface area contributed by atoms with E-state index in [0.717, 1.165) is 28.8 Å². The topological polar surface area (TPSA) is 55.1 Å². The molecule has 1 amide bonds.